The minimum Gasteiger partial charge on any atom is -0.423 e. The molecular weight excluding hydrogens is 372 g/mol. The van der Waals surface area contributed by atoms with Crippen molar-refractivity contribution in [2.75, 3.05) is 0 Å². The molecule has 2 rings (SSSR count). The van der Waals surface area contributed by atoms with Gasteiger partial charge >= 0.3 is 5.97 Å². The number of carbonyl (C=O) groups excluding carboxylic acids is 1. The fourth-order valence-electron chi connectivity index (χ4n) is 3.42. The fraction of sp³-hybridized carbons (Fsp3) is 0.577. The van der Waals surface area contributed by atoms with Crippen molar-refractivity contribution < 1.29 is 9.53 Å². The van der Waals surface area contributed by atoms with Gasteiger partial charge < -0.3 is 4.74 Å². The first kappa shape index (κ1) is 24.0. The molecule has 1 heterocycles. The SMILES string of the molecule is CCCCCCCc1ccc(-c2ncc(OC(=O)CCCCC(C)CC)cn2)cc1. The lowest BCUT2D eigenvalue weighted by atomic mass is 10.0. The largest absolute Gasteiger partial charge is 0.423 e. The molecule has 0 fully saturated rings. The Morgan fingerprint density at radius 1 is 0.933 bits per heavy atom. The highest BCUT2D eigenvalue weighted by atomic mass is 16.5. The Kier molecular flexibility index (Phi) is 11.1. The van der Waals surface area contributed by atoms with Gasteiger partial charge in [0.1, 0.15) is 0 Å². The molecule has 4 nitrogen and oxygen atoms in total. The summed E-state index contributed by atoms with van der Waals surface area (Å²) in [6.07, 6.45) is 15.5. The molecule has 0 spiro atoms. The summed E-state index contributed by atoms with van der Waals surface area (Å²) in [5.41, 5.74) is 2.33. The highest BCUT2D eigenvalue weighted by Gasteiger charge is 2.08. The van der Waals surface area contributed by atoms with Crippen LogP contribution in [0.2, 0.25) is 0 Å². The van der Waals surface area contributed by atoms with Gasteiger partial charge in [-0.05, 0) is 30.7 Å². The van der Waals surface area contributed by atoms with Crippen molar-refractivity contribution >= 4 is 5.97 Å². The van der Waals surface area contributed by atoms with E-state index in [9.17, 15) is 4.79 Å². The number of carbonyl (C=O) groups is 1. The summed E-state index contributed by atoms with van der Waals surface area (Å²) >= 11 is 0. The summed E-state index contributed by atoms with van der Waals surface area (Å²) in [6.45, 7) is 6.69. The number of unbranched alkanes of at least 4 members (excludes halogenated alkanes) is 5. The average Bonchev–Trinajstić information content (AvgIpc) is 2.77. The van der Waals surface area contributed by atoms with E-state index in [1.54, 1.807) is 12.4 Å². The van der Waals surface area contributed by atoms with Crippen LogP contribution in [-0.4, -0.2) is 15.9 Å². The lowest BCUT2D eigenvalue weighted by Gasteiger charge is -2.08. The molecule has 0 bridgehead atoms. The fourth-order valence-corrected chi connectivity index (χ4v) is 3.42. The Hall–Kier alpha value is -2.23. The minimum atomic E-state index is -0.209. The van der Waals surface area contributed by atoms with Gasteiger partial charge in [-0.2, -0.15) is 0 Å². The van der Waals surface area contributed by atoms with Crippen LogP contribution in [0.3, 0.4) is 0 Å². The molecule has 0 amide bonds. The summed E-state index contributed by atoms with van der Waals surface area (Å²) in [7, 11) is 0. The van der Waals surface area contributed by atoms with E-state index >= 15 is 0 Å². The maximum atomic E-state index is 12.0. The predicted molar refractivity (Wildman–Crippen MR) is 123 cm³/mol. The van der Waals surface area contributed by atoms with Crippen molar-refractivity contribution in [1.82, 2.24) is 9.97 Å². The summed E-state index contributed by atoms with van der Waals surface area (Å²) in [5, 5.41) is 0. The zero-order chi connectivity index (χ0) is 21.6. The number of nitrogens with zero attached hydrogens (tertiary/aromatic N) is 2. The lowest BCUT2D eigenvalue weighted by molar-refractivity contribution is -0.134. The Morgan fingerprint density at radius 2 is 1.63 bits per heavy atom. The maximum absolute atomic E-state index is 12.0. The number of rotatable bonds is 14. The second-order valence-electron chi connectivity index (χ2n) is 8.34. The third-order valence-corrected chi connectivity index (χ3v) is 5.67. The Balaban J connectivity index is 1.76. The third kappa shape index (κ3) is 9.06. The third-order valence-electron chi connectivity index (χ3n) is 5.67. The van der Waals surface area contributed by atoms with Crippen LogP contribution >= 0.6 is 0 Å². The molecule has 0 saturated carbocycles. The lowest BCUT2D eigenvalue weighted by Crippen LogP contribution is -2.08. The molecule has 1 aromatic heterocycles. The van der Waals surface area contributed by atoms with E-state index in [4.69, 9.17) is 4.74 Å². The Labute approximate surface area is 182 Å². The highest BCUT2D eigenvalue weighted by Crippen LogP contribution is 2.19. The molecule has 1 atom stereocenters. The van der Waals surface area contributed by atoms with Crippen molar-refractivity contribution in [3.63, 3.8) is 0 Å². The van der Waals surface area contributed by atoms with Gasteiger partial charge in [-0.3, -0.25) is 4.79 Å². The van der Waals surface area contributed by atoms with Crippen molar-refractivity contribution in [1.29, 1.82) is 0 Å². The summed E-state index contributed by atoms with van der Waals surface area (Å²) < 4.78 is 5.37. The van der Waals surface area contributed by atoms with Crippen LogP contribution in [0.15, 0.2) is 36.7 Å². The number of aromatic nitrogens is 2. The van der Waals surface area contributed by atoms with Gasteiger partial charge in [0.25, 0.3) is 0 Å². The number of benzene rings is 1. The van der Waals surface area contributed by atoms with Crippen molar-refractivity contribution in [2.45, 2.75) is 91.4 Å². The van der Waals surface area contributed by atoms with Gasteiger partial charge in [0, 0.05) is 12.0 Å². The molecule has 0 aliphatic rings. The summed E-state index contributed by atoms with van der Waals surface area (Å²) in [5.74, 6) is 1.58. The standard InChI is InChI=1S/C26H38N2O2/c1-4-6-7-8-9-13-22-15-17-23(18-16-22)26-27-19-24(20-28-26)30-25(29)14-11-10-12-21(3)5-2/h15-21H,4-14H2,1-3H3. The Morgan fingerprint density at radius 3 is 2.30 bits per heavy atom. The van der Waals surface area contributed by atoms with Gasteiger partial charge in [-0.1, -0.05) is 90.0 Å². The van der Waals surface area contributed by atoms with Crippen LogP contribution in [0.25, 0.3) is 11.4 Å². The first-order valence-corrected chi connectivity index (χ1v) is 11.7. The molecule has 30 heavy (non-hydrogen) atoms. The maximum Gasteiger partial charge on any atom is 0.311 e. The summed E-state index contributed by atoms with van der Waals surface area (Å²) in [6, 6.07) is 8.46. The molecule has 1 unspecified atom stereocenters. The number of esters is 1. The van der Waals surface area contributed by atoms with Crippen LogP contribution in [0.1, 0.15) is 90.5 Å². The van der Waals surface area contributed by atoms with E-state index in [0.717, 1.165) is 30.7 Å². The van der Waals surface area contributed by atoms with Gasteiger partial charge in [0.05, 0.1) is 12.4 Å². The van der Waals surface area contributed by atoms with Gasteiger partial charge in [0.15, 0.2) is 11.6 Å². The van der Waals surface area contributed by atoms with E-state index in [1.165, 1.54) is 50.5 Å². The smallest absolute Gasteiger partial charge is 0.311 e. The van der Waals surface area contributed by atoms with E-state index in [0.29, 0.717) is 18.0 Å². The molecule has 0 aliphatic carbocycles. The number of hydrogen-bond acceptors (Lipinski definition) is 4. The monoisotopic (exact) mass is 410 g/mol. The molecular formula is C26H38N2O2. The molecule has 1 aromatic carbocycles. The van der Waals surface area contributed by atoms with Gasteiger partial charge in [0.2, 0.25) is 0 Å². The molecule has 0 saturated heterocycles. The predicted octanol–water partition coefficient (Wildman–Crippen LogP) is 7.17. The van der Waals surface area contributed by atoms with Gasteiger partial charge in [-0.15, -0.1) is 0 Å². The second-order valence-corrected chi connectivity index (χ2v) is 8.34. The van der Waals surface area contributed by atoms with Crippen LogP contribution in [0.4, 0.5) is 0 Å². The van der Waals surface area contributed by atoms with Crippen molar-refractivity contribution in [3.8, 4) is 17.1 Å². The average molecular weight is 411 g/mol. The van der Waals surface area contributed by atoms with Crippen LogP contribution < -0.4 is 4.74 Å². The molecule has 0 aliphatic heterocycles. The molecule has 0 N–H and O–H groups in total. The van der Waals surface area contributed by atoms with E-state index in [-0.39, 0.29) is 5.97 Å². The molecule has 164 valence electrons. The van der Waals surface area contributed by atoms with E-state index in [2.05, 4.69) is 55.0 Å². The molecule has 0 radical (unpaired) electrons. The normalized spacial score (nSPS) is 12.0. The number of ether oxygens (including phenoxy) is 1. The minimum absolute atomic E-state index is 0.209. The molecule has 4 heteroatoms. The zero-order valence-electron chi connectivity index (χ0n) is 19.0. The first-order valence-electron chi connectivity index (χ1n) is 11.7. The molecule has 2 aromatic rings. The number of aryl methyl sites for hydroxylation is 1. The first-order chi connectivity index (χ1) is 14.6. The second kappa shape index (κ2) is 13.9. The van der Waals surface area contributed by atoms with Gasteiger partial charge in [-0.25, -0.2) is 9.97 Å². The highest BCUT2D eigenvalue weighted by molar-refractivity contribution is 5.72. The quantitative estimate of drug-likeness (QED) is 0.245. The summed E-state index contributed by atoms with van der Waals surface area (Å²) in [4.78, 5) is 20.7. The van der Waals surface area contributed by atoms with Crippen LogP contribution in [-0.2, 0) is 11.2 Å². The number of hydrogen-bond donors (Lipinski definition) is 0. The Bertz CT molecular complexity index is 726. The van der Waals surface area contributed by atoms with Crippen molar-refractivity contribution in [3.05, 3.63) is 42.2 Å². The van der Waals surface area contributed by atoms with Crippen LogP contribution in [0, 0.1) is 5.92 Å². The van der Waals surface area contributed by atoms with E-state index in [1.807, 2.05) is 0 Å². The van der Waals surface area contributed by atoms with Crippen LogP contribution in [0.5, 0.6) is 5.75 Å². The van der Waals surface area contributed by atoms with E-state index < -0.39 is 0 Å². The topological polar surface area (TPSA) is 52.1 Å². The zero-order valence-corrected chi connectivity index (χ0v) is 19.0. The van der Waals surface area contributed by atoms with Crippen molar-refractivity contribution in [2.24, 2.45) is 5.92 Å².